The number of hydrogen-bond donors (Lipinski definition) is 0. The van der Waals surface area contributed by atoms with Gasteiger partial charge in [0.25, 0.3) is 0 Å². The molecule has 0 N–H and O–H groups in total. The summed E-state index contributed by atoms with van der Waals surface area (Å²) >= 11 is 0. The van der Waals surface area contributed by atoms with Gasteiger partial charge in [0, 0.05) is 0 Å². The normalized spacial score (nSPS) is 8.00. The second kappa shape index (κ2) is 35.3. The van der Waals surface area contributed by atoms with Crippen LogP contribution < -0.4 is 37.2 Å². The molecule has 108 valence electrons. The zero-order chi connectivity index (χ0) is 10.6. The fourth-order valence-corrected chi connectivity index (χ4v) is 5.03. The minimum absolute atomic E-state index is 0. The zero-order valence-corrected chi connectivity index (χ0v) is 25.8. The van der Waals surface area contributed by atoms with Gasteiger partial charge in [-0.25, -0.2) is 24.6 Å². The van der Waals surface area contributed by atoms with Gasteiger partial charge in [0.1, 0.15) is 0 Å². The van der Waals surface area contributed by atoms with Crippen LogP contribution in [0.1, 0.15) is 0 Å². The summed E-state index contributed by atoms with van der Waals surface area (Å²) in [5.74, 6) is 12.8. The van der Waals surface area contributed by atoms with Crippen molar-refractivity contribution in [2.45, 2.75) is 0 Å². The molecular formula is C9H9Cl3P6Zr3. The van der Waals surface area contributed by atoms with Gasteiger partial charge >= 0.3 is 78.6 Å². The molecule has 0 fully saturated rings. The van der Waals surface area contributed by atoms with Crippen LogP contribution in [-0.4, -0.2) is 0 Å². The Hall–Kier alpha value is 4.15. The fraction of sp³-hybridized carbons (Fsp3) is 0. The van der Waals surface area contributed by atoms with E-state index in [4.69, 9.17) is 0 Å². The summed E-state index contributed by atoms with van der Waals surface area (Å²) in [7, 11) is 6.42. The number of rotatable bonds is 0. The van der Waals surface area contributed by atoms with Crippen LogP contribution in [0, 0.1) is 16.6 Å². The molecule has 0 saturated heterocycles. The van der Waals surface area contributed by atoms with Gasteiger partial charge in [0.05, 0.1) is 0 Å². The third-order valence-electron chi connectivity index (χ3n) is 1.08. The van der Waals surface area contributed by atoms with Crippen LogP contribution in [0.5, 0.6) is 0 Å². The second-order valence-electron chi connectivity index (χ2n) is 2.10. The van der Waals surface area contributed by atoms with Gasteiger partial charge in [0.15, 0.2) is 0 Å². The van der Waals surface area contributed by atoms with E-state index in [0.717, 1.165) is 24.6 Å². The van der Waals surface area contributed by atoms with Crippen LogP contribution in [-0.2, 0) is 78.6 Å². The van der Waals surface area contributed by atoms with Crippen molar-refractivity contribution in [3.8, 4) is 0 Å². The monoisotopic (exact) mass is 678 g/mol. The maximum atomic E-state index is 3.11. The van der Waals surface area contributed by atoms with E-state index in [-0.39, 0.29) is 116 Å². The summed E-state index contributed by atoms with van der Waals surface area (Å²) in [6, 6.07) is 0. The minimum atomic E-state index is 0. The van der Waals surface area contributed by atoms with Crippen molar-refractivity contribution in [3.05, 3.63) is 51.4 Å². The Bertz CT molecular complexity index is 271. The second-order valence-corrected chi connectivity index (χ2v) is 8.32. The summed E-state index contributed by atoms with van der Waals surface area (Å²) in [6.07, 6.45) is 0. The first-order valence-corrected chi connectivity index (χ1v) is 10.2. The first kappa shape index (κ1) is 40.0. The largest absolute Gasteiger partial charge is 2.00 e. The van der Waals surface area contributed by atoms with E-state index < -0.39 is 0 Å². The Kier molecular flexibility index (Phi) is 67.2. The molecule has 3 unspecified atom stereocenters. The molecule has 3 atom stereocenters. The van der Waals surface area contributed by atoms with Gasteiger partial charge in [-0.15, -0.1) is 16.6 Å². The van der Waals surface area contributed by atoms with E-state index in [0.29, 0.717) is 0 Å². The van der Waals surface area contributed by atoms with Crippen molar-refractivity contribution in [3.63, 3.8) is 0 Å². The summed E-state index contributed by atoms with van der Waals surface area (Å²) < 4.78 is 0. The van der Waals surface area contributed by atoms with Gasteiger partial charge < -0.3 is 37.2 Å². The van der Waals surface area contributed by atoms with E-state index in [2.05, 4.69) is 51.4 Å². The minimum Gasteiger partial charge on any atom is -1.00 e. The maximum Gasteiger partial charge on any atom is 2.00 e. The molecule has 0 aromatic carbocycles. The smallest absolute Gasteiger partial charge is 1.00 e. The molecular weight excluding hydrogens is 674 g/mol. The number of hydrogen-bond acceptors (Lipinski definition) is 0. The Morgan fingerprint density at radius 3 is 0.810 bits per heavy atom. The average Bonchev–Trinajstić information content (AvgIpc) is 3.09. The molecule has 3 aromatic rings. The molecule has 0 aliphatic rings. The molecule has 0 aliphatic heterocycles. The zero-order valence-electron chi connectivity index (χ0n) is 10.4. The van der Waals surface area contributed by atoms with Crippen LogP contribution in [0.15, 0.2) is 34.8 Å². The van der Waals surface area contributed by atoms with Crippen LogP contribution in [0.3, 0.4) is 0 Å². The molecule has 21 heavy (non-hydrogen) atoms. The van der Waals surface area contributed by atoms with Crippen molar-refractivity contribution < 1.29 is 116 Å². The Morgan fingerprint density at radius 2 is 0.762 bits per heavy atom. The number of halogens is 3. The molecule has 0 bridgehead atoms. The van der Waals surface area contributed by atoms with Crippen LogP contribution in [0.4, 0.5) is 0 Å². The van der Waals surface area contributed by atoms with Crippen LogP contribution in [0.25, 0.3) is 0 Å². The van der Waals surface area contributed by atoms with Crippen molar-refractivity contribution >= 4 is 49.2 Å². The van der Waals surface area contributed by atoms with E-state index in [1.807, 2.05) is 0 Å². The molecule has 0 radical (unpaired) electrons. The predicted octanol–water partition coefficient (Wildman–Crippen LogP) is -2.70. The average molecular weight is 683 g/mol. The molecule has 0 aliphatic carbocycles. The van der Waals surface area contributed by atoms with Crippen molar-refractivity contribution in [2.24, 2.45) is 0 Å². The van der Waals surface area contributed by atoms with Gasteiger partial charge in [-0.1, -0.05) is 0 Å². The summed E-state index contributed by atoms with van der Waals surface area (Å²) in [6.45, 7) is 0. The van der Waals surface area contributed by atoms with Crippen molar-refractivity contribution in [1.29, 1.82) is 0 Å². The Morgan fingerprint density at radius 1 is 0.524 bits per heavy atom. The van der Waals surface area contributed by atoms with Crippen molar-refractivity contribution in [1.82, 2.24) is 0 Å². The molecule has 12 heteroatoms. The van der Waals surface area contributed by atoms with Crippen molar-refractivity contribution in [2.75, 3.05) is 0 Å². The predicted molar refractivity (Wildman–Crippen MR) is 81.9 cm³/mol. The SMILES string of the molecule is [Cl-].[Cl-].[Cl-].[Zr+2].[Zr+2].[Zr+2].[c-]1pcc[pH]1.[c-]1pcc[pH]1.[c-]1pcc[pH]1. The van der Waals surface area contributed by atoms with E-state index >= 15 is 0 Å². The van der Waals surface area contributed by atoms with Gasteiger partial charge in [-0.05, 0) is 0 Å². The molecule has 3 rings (SSSR count). The molecule has 3 aromatic heterocycles. The van der Waals surface area contributed by atoms with E-state index in [1.54, 1.807) is 0 Å². The third kappa shape index (κ3) is 32.3. The third-order valence-corrected chi connectivity index (χ3v) is 6.92. The quantitative estimate of drug-likeness (QED) is 0.227. The fourth-order valence-electron chi connectivity index (χ4n) is 0.559. The van der Waals surface area contributed by atoms with Gasteiger partial charge in [0.2, 0.25) is 0 Å². The molecule has 0 amide bonds. The van der Waals surface area contributed by atoms with Gasteiger partial charge in [-0.3, -0.25) is 24.6 Å². The summed E-state index contributed by atoms with van der Waals surface area (Å²) in [5, 5.41) is 0. The first-order valence-electron chi connectivity index (χ1n) is 4.06. The Balaban J connectivity index is -0.0000000352. The molecule has 0 saturated carbocycles. The van der Waals surface area contributed by atoms with Crippen LogP contribution >= 0.6 is 49.2 Å². The molecule has 0 spiro atoms. The Labute approximate surface area is 213 Å². The molecule has 3 heterocycles. The maximum absolute atomic E-state index is 3.11. The molecule has 0 nitrogen and oxygen atoms in total. The summed E-state index contributed by atoms with van der Waals surface area (Å²) in [4.78, 5) is 0. The standard InChI is InChI=1S/3C3H3P2.3ClH.3Zr/c3*1-2-5-3-4-1;;;;;;/h3*1-2,4H;3*1H;;;/q3*-1;;;;3*+2/p-3. The van der Waals surface area contributed by atoms with E-state index in [9.17, 15) is 0 Å². The van der Waals surface area contributed by atoms with Crippen LogP contribution in [0.2, 0.25) is 0 Å². The van der Waals surface area contributed by atoms with E-state index in [1.165, 1.54) is 24.6 Å². The summed E-state index contributed by atoms with van der Waals surface area (Å²) in [5.41, 5.74) is 9.33. The van der Waals surface area contributed by atoms with Gasteiger partial charge in [-0.2, -0.15) is 34.8 Å². The topological polar surface area (TPSA) is 0 Å². The first-order chi connectivity index (χ1) is 7.50.